The number of aromatic nitrogens is 5. The highest BCUT2D eigenvalue weighted by Crippen LogP contribution is 2.30. The SMILES string of the molecule is Cc1ccc(Nc2ccc3c(c2)ncn3-c2ccc(C(C)O)c(N3CCOC(C(F)F)C3)n2)nn1. The normalized spacial score (nSPS) is 17.2. The van der Waals surface area contributed by atoms with Crippen molar-refractivity contribution in [3.05, 3.63) is 60.0 Å². The van der Waals surface area contributed by atoms with Crippen LogP contribution < -0.4 is 10.2 Å². The molecule has 4 aromatic rings. The number of hydrogen-bond acceptors (Lipinski definition) is 8. The van der Waals surface area contributed by atoms with E-state index >= 15 is 0 Å². The number of fused-ring (bicyclic) bond motifs is 1. The Morgan fingerprint density at radius 2 is 2.00 bits per heavy atom. The predicted octanol–water partition coefficient (Wildman–Crippen LogP) is 3.79. The number of halogens is 2. The second-order valence-electron chi connectivity index (χ2n) is 8.45. The van der Waals surface area contributed by atoms with Gasteiger partial charge in [-0.1, -0.05) is 0 Å². The second kappa shape index (κ2) is 9.51. The lowest BCUT2D eigenvalue weighted by Crippen LogP contribution is -2.46. The third kappa shape index (κ3) is 4.77. The van der Waals surface area contributed by atoms with Gasteiger partial charge in [0.15, 0.2) is 5.82 Å². The van der Waals surface area contributed by atoms with Gasteiger partial charge in [-0.25, -0.2) is 18.7 Å². The summed E-state index contributed by atoms with van der Waals surface area (Å²) >= 11 is 0. The highest BCUT2D eigenvalue weighted by atomic mass is 19.3. The van der Waals surface area contributed by atoms with Crippen LogP contribution in [0.4, 0.5) is 26.1 Å². The maximum Gasteiger partial charge on any atom is 0.266 e. The highest BCUT2D eigenvalue weighted by Gasteiger charge is 2.30. The quantitative estimate of drug-likeness (QED) is 0.429. The van der Waals surface area contributed by atoms with Crippen molar-refractivity contribution < 1.29 is 18.6 Å². The molecule has 11 heteroatoms. The molecule has 1 aliphatic heterocycles. The number of rotatable bonds is 6. The Morgan fingerprint density at radius 1 is 1.14 bits per heavy atom. The molecular weight excluding hydrogens is 456 g/mol. The lowest BCUT2D eigenvalue weighted by molar-refractivity contribution is -0.0616. The third-order valence-corrected chi connectivity index (χ3v) is 5.88. The van der Waals surface area contributed by atoms with Gasteiger partial charge in [0.1, 0.15) is 24.1 Å². The molecule has 1 fully saturated rings. The molecule has 35 heavy (non-hydrogen) atoms. The van der Waals surface area contributed by atoms with Gasteiger partial charge in [0.25, 0.3) is 6.43 Å². The zero-order chi connectivity index (χ0) is 24.5. The number of ether oxygens (including phenoxy) is 1. The topological polar surface area (TPSA) is 101 Å². The molecular formula is C24H25F2N7O2. The fourth-order valence-electron chi connectivity index (χ4n) is 4.07. The van der Waals surface area contributed by atoms with E-state index in [4.69, 9.17) is 9.72 Å². The Labute approximate surface area is 200 Å². The second-order valence-corrected chi connectivity index (χ2v) is 8.45. The van der Waals surface area contributed by atoms with E-state index in [-0.39, 0.29) is 13.2 Å². The van der Waals surface area contributed by atoms with Crippen molar-refractivity contribution in [1.29, 1.82) is 0 Å². The van der Waals surface area contributed by atoms with Gasteiger partial charge >= 0.3 is 0 Å². The molecule has 1 saturated heterocycles. The number of imidazole rings is 1. The molecule has 182 valence electrons. The summed E-state index contributed by atoms with van der Waals surface area (Å²) in [5.74, 6) is 1.66. The van der Waals surface area contributed by atoms with Crippen LogP contribution in [0.2, 0.25) is 0 Å². The number of benzene rings is 1. The first-order valence-corrected chi connectivity index (χ1v) is 11.3. The summed E-state index contributed by atoms with van der Waals surface area (Å²) in [5.41, 5.74) is 3.77. The maximum atomic E-state index is 13.3. The number of aliphatic hydroxyl groups excluding tert-OH is 1. The third-order valence-electron chi connectivity index (χ3n) is 5.88. The number of morpholine rings is 1. The molecule has 0 saturated carbocycles. The fraction of sp³-hybridized carbons (Fsp3) is 0.333. The standard InChI is InChI=1S/C24H25F2N7O2/c1-14-3-7-21(31-30-14)28-16-4-6-19-18(11-16)27-13-33(19)22-8-5-17(15(2)34)24(29-22)32-9-10-35-20(12-32)23(25)26/h3-8,11,13,15,20,23,34H,9-10,12H2,1-2H3,(H,28,31). The lowest BCUT2D eigenvalue weighted by atomic mass is 10.1. The van der Waals surface area contributed by atoms with E-state index in [1.54, 1.807) is 30.3 Å². The number of aliphatic hydroxyl groups is 1. The van der Waals surface area contributed by atoms with Crippen LogP contribution in [0, 0.1) is 6.92 Å². The lowest BCUT2D eigenvalue weighted by Gasteiger charge is -2.34. The Kier molecular flexibility index (Phi) is 6.27. The van der Waals surface area contributed by atoms with Gasteiger partial charge in [-0.3, -0.25) is 4.57 Å². The summed E-state index contributed by atoms with van der Waals surface area (Å²) in [6.07, 6.45) is -2.94. The Balaban J connectivity index is 1.47. The molecule has 5 rings (SSSR count). The van der Waals surface area contributed by atoms with Crippen molar-refractivity contribution in [1.82, 2.24) is 24.7 Å². The molecule has 9 nitrogen and oxygen atoms in total. The van der Waals surface area contributed by atoms with Crippen LogP contribution in [0.15, 0.2) is 48.8 Å². The Bertz CT molecular complexity index is 1330. The van der Waals surface area contributed by atoms with Gasteiger partial charge in [-0.05, 0) is 56.3 Å². The summed E-state index contributed by atoms with van der Waals surface area (Å²) in [7, 11) is 0. The Morgan fingerprint density at radius 3 is 2.74 bits per heavy atom. The van der Waals surface area contributed by atoms with E-state index in [0.29, 0.717) is 29.6 Å². The molecule has 4 heterocycles. The molecule has 1 aliphatic rings. The number of hydrogen-bond donors (Lipinski definition) is 2. The van der Waals surface area contributed by atoms with Crippen molar-refractivity contribution in [2.24, 2.45) is 0 Å². The maximum absolute atomic E-state index is 13.3. The molecule has 0 spiro atoms. The van der Waals surface area contributed by atoms with Gasteiger partial charge in [-0.2, -0.15) is 5.10 Å². The monoisotopic (exact) mass is 481 g/mol. The van der Waals surface area contributed by atoms with Crippen LogP contribution in [0.1, 0.15) is 24.3 Å². The molecule has 0 amide bonds. The minimum atomic E-state index is -2.60. The van der Waals surface area contributed by atoms with Crippen LogP contribution in [0.3, 0.4) is 0 Å². The van der Waals surface area contributed by atoms with Crippen molar-refractivity contribution in [3.8, 4) is 5.82 Å². The minimum Gasteiger partial charge on any atom is -0.389 e. The molecule has 1 aromatic carbocycles. The summed E-state index contributed by atoms with van der Waals surface area (Å²) < 4.78 is 33.6. The number of anilines is 3. The van der Waals surface area contributed by atoms with Gasteiger partial charge in [0, 0.05) is 17.8 Å². The number of nitrogens with one attached hydrogen (secondary N) is 1. The molecule has 2 unspecified atom stereocenters. The van der Waals surface area contributed by atoms with E-state index in [0.717, 1.165) is 22.4 Å². The summed E-state index contributed by atoms with van der Waals surface area (Å²) in [6, 6.07) is 13.0. The number of alkyl halides is 2. The zero-order valence-electron chi connectivity index (χ0n) is 19.3. The smallest absolute Gasteiger partial charge is 0.266 e. The van der Waals surface area contributed by atoms with Crippen LogP contribution in [-0.4, -0.2) is 62.1 Å². The number of nitrogens with zero attached hydrogens (tertiary/aromatic N) is 6. The van der Waals surface area contributed by atoms with Gasteiger partial charge in [0.2, 0.25) is 0 Å². The van der Waals surface area contributed by atoms with E-state index in [1.165, 1.54) is 0 Å². The van der Waals surface area contributed by atoms with Crippen LogP contribution in [0.5, 0.6) is 0 Å². The van der Waals surface area contributed by atoms with Gasteiger partial charge in [0.05, 0.1) is 36.0 Å². The minimum absolute atomic E-state index is 0.00451. The first-order chi connectivity index (χ1) is 16.9. The number of pyridine rings is 1. The van der Waals surface area contributed by atoms with E-state index in [1.807, 2.05) is 41.8 Å². The largest absolute Gasteiger partial charge is 0.389 e. The first kappa shape index (κ1) is 23.1. The van der Waals surface area contributed by atoms with Gasteiger partial charge in [-0.15, -0.1) is 5.10 Å². The van der Waals surface area contributed by atoms with Crippen LogP contribution >= 0.6 is 0 Å². The highest BCUT2D eigenvalue weighted by molar-refractivity contribution is 5.82. The van der Waals surface area contributed by atoms with Crippen molar-refractivity contribution in [2.45, 2.75) is 32.5 Å². The molecule has 0 aliphatic carbocycles. The van der Waals surface area contributed by atoms with E-state index < -0.39 is 18.6 Å². The summed E-state index contributed by atoms with van der Waals surface area (Å²) in [5, 5.41) is 21.7. The van der Waals surface area contributed by atoms with Crippen LogP contribution in [0.25, 0.3) is 16.9 Å². The van der Waals surface area contributed by atoms with Crippen molar-refractivity contribution in [2.75, 3.05) is 29.9 Å². The molecule has 3 aromatic heterocycles. The molecule has 0 radical (unpaired) electrons. The predicted molar refractivity (Wildman–Crippen MR) is 128 cm³/mol. The summed E-state index contributed by atoms with van der Waals surface area (Å²) in [4.78, 5) is 11.0. The van der Waals surface area contributed by atoms with Gasteiger partial charge < -0.3 is 20.1 Å². The van der Waals surface area contributed by atoms with E-state index in [9.17, 15) is 13.9 Å². The molecule has 2 N–H and O–H groups in total. The van der Waals surface area contributed by atoms with E-state index in [2.05, 4.69) is 20.5 Å². The number of aryl methyl sites for hydroxylation is 1. The zero-order valence-corrected chi connectivity index (χ0v) is 19.3. The van der Waals surface area contributed by atoms with Crippen molar-refractivity contribution in [3.63, 3.8) is 0 Å². The molecule has 2 atom stereocenters. The average Bonchev–Trinajstić information content (AvgIpc) is 3.28. The average molecular weight is 482 g/mol. The fourth-order valence-corrected chi connectivity index (χ4v) is 4.07. The van der Waals surface area contributed by atoms with Crippen molar-refractivity contribution >= 4 is 28.4 Å². The van der Waals surface area contributed by atoms with Crippen LogP contribution in [-0.2, 0) is 4.74 Å². The summed E-state index contributed by atoms with van der Waals surface area (Å²) in [6.45, 7) is 4.06. The first-order valence-electron chi connectivity index (χ1n) is 11.3. The molecule has 0 bridgehead atoms. The Hall–Kier alpha value is -3.70.